The molecule has 1 aliphatic carbocycles. The molecule has 0 aromatic heterocycles. The fourth-order valence-electron chi connectivity index (χ4n) is 3.59. The van der Waals surface area contributed by atoms with Gasteiger partial charge in [-0.2, -0.15) is 11.8 Å². The van der Waals surface area contributed by atoms with Gasteiger partial charge < -0.3 is 15.4 Å². The van der Waals surface area contributed by atoms with Gasteiger partial charge in [0, 0.05) is 29.7 Å². The Bertz CT molecular complexity index is 601. The van der Waals surface area contributed by atoms with Crippen LogP contribution >= 0.6 is 35.8 Å². The Balaban J connectivity index is 0.00000208. The van der Waals surface area contributed by atoms with Crippen molar-refractivity contribution in [1.82, 2.24) is 4.90 Å². The summed E-state index contributed by atoms with van der Waals surface area (Å²) < 4.78 is 5.59. The summed E-state index contributed by atoms with van der Waals surface area (Å²) in [7, 11) is 1.55. The number of nitrogens with two attached hydrogens (primary N) is 1. The maximum atomic E-state index is 13.0. The highest BCUT2D eigenvalue weighted by Gasteiger charge is 2.39. The van der Waals surface area contributed by atoms with Crippen molar-refractivity contribution in [3.63, 3.8) is 0 Å². The van der Waals surface area contributed by atoms with E-state index in [0.717, 1.165) is 18.8 Å². The molecule has 0 atom stereocenters. The van der Waals surface area contributed by atoms with Crippen molar-refractivity contribution in [3.8, 4) is 5.75 Å². The monoisotopic (exact) mass is 390 g/mol. The largest absolute Gasteiger partial charge is 0.496 e. The molecule has 1 aliphatic heterocycles. The van der Waals surface area contributed by atoms with Crippen molar-refractivity contribution in [2.75, 3.05) is 31.7 Å². The molecule has 7 heteroatoms. The number of nitrogen functional groups attached to an aromatic ring is 1. The molecule has 2 aliphatic rings. The van der Waals surface area contributed by atoms with Gasteiger partial charge in [0.1, 0.15) is 5.75 Å². The van der Waals surface area contributed by atoms with E-state index in [1.54, 1.807) is 19.2 Å². The Kier molecular flexibility index (Phi) is 6.57. The number of anilines is 1. The minimum Gasteiger partial charge on any atom is -0.496 e. The lowest BCUT2D eigenvalue weighted by atomic mass is 9.87. The number of thioether (sulfide) groups is 1. The van der Waals surface area contributed by atoms with Crippen molar-refractivity contribution in [1.29, 1.82) is 0 Å². The number of hydrogen-bond acceptors (Lipinski definition) is 4. The lowest BCUT2D eigenvalue weighted by molar-refractivity contribution is 0.0727. The van der Waals surface area contributed by atoms with E-state index in [2.05, 4.69) is 0 Å². The SMILES string of the molecule is COc1cc(N)c(Cl)cc1C(=O)N1CCSC2(CCCCC2)C1.Cl. The first kappa shape index (κ1) is 19.5. The summed E-state index contributed by atoms with van der Waals surface area (Å²) in [5.74, 6) is 1.48. The minimum atomic E-state index is -0.00556. The second-order valence-corrected chi connectivity index (χ2v) is 8.36. The first-order chi connectivity index (χ1) is 11.0. The van der Waals surface area contributed by atoms with Crippen molar-refractivity contribution in [2.45, 2.75) is 36.9 Å². The molecule has 0 unspecified atom stereocenters. The minimum absolute atomic E-state index is 0. The van der Waals surface area contributed by atoms with Crippen LogP contribution < -0.4 is 10.5 Å². The predicted octanol–water partition coefficient (Wildman–Crippen LogP) is 4.24. The van der Waals surface area contributed by atoms with E-state index < -0.39 is 0 Å². The number of hydrogen-bond donors (Lipinski definition) is 1. The van der Waals surface area contributed by atoms with Crippen molar-refractivity contribution in [3.05, 3.63) is 22.7 Å². The molecular formula is C17H24Cl2N2O2S. The van der Waals surface area contributed by atoms with Crippen LogP contribution in [-0.2, 0) is 0 Å². The van der Waals surface area contributed by atoms with Crippen molar-refractivity contribution in [2.24, 2.45) is 0 Å². The second kappa shape index (κ2) is 8.07. The molecule has 1 saturated heterocycles. The summed E-state index contributed by atoms with van der Waals surface area (Å²) in [6, 6.07) is 3.26. The Morgan fingerprint density at radius 3 is 2.71 bits per heavy atom. The summed E-state index contributed by atoms with van der Waals surface area (Å²) in [4.78, 5) is 15.0. The van der Waals surface area contributed by atoms with Crippen LogP contribution in [0.3, 0.4) is 0 Å². The van der Waals surface area contributed by atoms with Crippen LogP contribution in [0.5, 0.6) is 5.75 Å². The number of amides is 1. The van der Waals surface area contributed by atoms with E-state index in [4.69, 9.17) is 22.1 Å². The summed E-state index contributed by atoms with van der Waals surface area (Å²) in [6.07, 6.45) is 6.28. The van der Waals surface area contributed by atoms with Crippen LogP contribution in [-0.4, -0.2) is 41.5 Å². The zero-order valence-electron chi connectivity index (χ0n) is 13.8. The van der Waals surface area contributed by atoms with Gasteiger partial charge in [0.05, 0.1) is 23.4 Å². The highest BCUT2D eigenvalue weighted by atomic mass is 35.5. The van der Waals surface area contributed by atoms with Crippen molar-refractivity contribution >= 4 is 47.4 Å². The number of nitrogens with zero attached hydrogens (tertiary/aromatic N) is 1. The predicted molar refractivity (Wildman–Crippen MR) is 104 cm³/mol. The number of carbonyl (C=O) groups is 1. The van der Waals surface area contributed by atoms with E-state index in [0.29, 0.717) is 22.0 Å². The van der Waals surface area contributed by atoms with Crippen molar-refractivity contribution < 1.29 is 9.53 Å². The second-order valence-electron chi connectivity index (χ2n) is 6.39. The summed E-state index contributed by atoms with van der Waals surface area (Å²) in [6.45, 7) is 1.60. The molecule has 1 spiro atoms. The average Bonchev–Trinajstić information content (AvgIpc) is 2.57. The lowest BCUT2D eigenvalue weighted by Crippen LogP contribution is -2.49. The van der Waals surface area contributed by atoms with Crippen LogP contribution in [0.2, 0.25) is 5.02 Å². The zero-order valence-corrected chi connectivity index (χ0v) is 16.2. The lowest BCUT2D eigenvalue weighted by Gasteiger charge is -2.44. The van der Waals surface area contributed by atoms with E-state index in [9.17, 15) is 4.79 Å². The number of carbonyl (C=O) groups excluding carboxylic acids is 1. The Morgan fingerprint density at radius 2 is 2.04 bits per heavy atom. The quantitative estimate of drug-likeness (QED) is 0.766. The Labute approximate surface area is 158 Å². The highest BCUT2D eigenvalue weighted by Crippen LogP contribution is 2.43. The molecule has 0 radical (unpaired) electrons. The third-order valence-electron chi connectivity index (χ3n) is 4.85. The van der Waals surface area contributed by atoms with Gasteiger partial charge in [-0.1, -0.05) is 30.9 Å². The molecule has 1 aromatic carbocycles. The average molecular weight is 391 g/mol. The molecule has 1 saturated carbocycles. The van der Waals surface area contributed by atoms with E-state index >= 15 is 0 Å². The zero-order chi connectivity index (χ0) is 16.4. The van der Waals surface area contributed by atoms with Gasteiger partial charge in [-0.3, -0.25) is 4.79 Å². The fourth-order valence-corrected chi connectivity index (χ4v) is 5.33. The number of benzene rings is 1. The maximum absolute atomic E-state index is 13.0. The van der Waals surface area contributed by atoms with Crippen LogP contribution in [0.15, 0.2) is 12.1 Å². The van der Waals surface area contributed by atoms with Gasteiger partial charge in [0.25, 0.3) is 5.91 Å². The highest BCUT2D eigenvalue weighted by molar-refractivity contribution is 8.00. The number of ether oxygens (including phenoxy) is 1. The molecule has 3 rings (SSSR count). The summed E-state index contributed by atoms with van der Waals surface area (Å²) in [5.41, 5.74) is 6.75. The molecule has 1 aromatic rings. The molecule has 134 valence electrons. The van der Waals surface area contributed by atoms with Crippen LogP contribution in [0.25, 0.3) is 0 Å². The number of halogens is 2. The van der Waals surface area contributed by atoms with Gasteiger partial charge in [-0.25, -0.2) is 0 Å². The summed E-state index contributed by atoms with van der Waals surface area (Å²) >= 11 is 8.16. The summed E-state index contributed by atoms with van der Waals surface area (Å²) in [5, 5.41) is 0.396. The first-order valence-electron chi connectivity index (χ1n) is 8.11. The standard InChI is InChI=1S/C17H23ClN2O2S.ClH/c1-22-15-10-14(19)13(18)9-12(15)16(21)20-7-8-23-17(11-20)5-3-2-4-6-17;/h9-10H,2-8,11,19H2,1H3;1H. The van der Waals surface area contributed by atoms with Gasteiger partial charge in [-0.15, -0.1) is 12.4 Å². The molecule has 2 fully saturated rings. The molecule has 1 amide bonds. The molecule has 2 N–H and O–H groups in total. The fraction of sp³-hybridized carbons (Fsp3) is 0.588. The topological polar surface area (TPSA) is 55.6 Å². The molecule has 4 nitrogen and oxygen atoms in total. The number of methoxy groups -OCH3 is 1. The van der Waals surface area contributed by atoms with Gasteiger partial charge in [0.2, 0.25) is 0 Å². The van der Waals surface area contributed by atoms with E-state index in [1.165, 1.54) is 32.1 Å². The third kappa shape index (κ3) is 3.89. The van der Waals surface area contributed by atoms with Gasteiger partial charge >= 0.3 is 0 Å². The Hall–Kier alpha value is -0.780. The van der Waals surface area contributed by atoms with Crippen LogP contribution in [0, 0.1) is 0 Å². The molecule has 1 heterocycles. The van der Waals surface area contributed by atoms with Gasteiger partial charge in [-0.05, 0) is 18.9 Å². The first-order valence-corrected chi connectivity index (χ1v) is 9.47. The normalized spacial score (nSPS) is 19.7. The molecular weight excluding hydrogens is 367 g/mol. The smallest absolute Gasteiger partial charge is 0.257 e. The number of rotatable bonds is 2. The van der Waals surface area contributed by atoms with Gasteiger partial charge in [0.15, 0.2) is 0 Å². The maximum Gasteiger partial charge on any atom is 0.257 e. The molecule has 0 bridgehead atoms. The Morgan fingerprint density at radius 1 is 1.33 bits per heavy atom. The van der Waals surface area contributed by atoms with Crippen LogP contribution in [0.4, 0.5) is 5.69 Å². The van der Waals surface area contributed by atoms with E-state index in [1.807, 2.05) is 16.7 Å². The third-order valence-corrected chi connectivity index (χ3v) is 6.71. The molecule has 24 heavy (non-hydrogen) atoms. The van der Waals surface area contributed by atoms with E-state index in [-0.39, 0.29) is 23.1 Å². The van der Waals surface area contributed by atoms with Crippen LogP contribution in [0.1, 0.15) is 42.5 Å².